The van der Waals surface area contributed by atoms with Gasteiger partial charge in [0.05, 0.1) is 9.79 Å². The van der Waals surface area contributed by atoms with Crippen molar-refractivity contribution < 1.29 is 14.5 Å². The van der Waals surface area contributed by atoms with Gasteiger partial charge in [0.25, 0.3) is 11.6 Å². The van der Waals surface area contributed by atoms with Crippen LogP contribution in [0.1, 0.15) is 55.3 Å². The van der Waals surface area contributed by atoms with Crippen molar-refractivity contribution in [1.29, 1.82) is 0 Å². The van der Waals surface area contributed by atoms with Gasteiger partial charge < -0.3 is 9.80 Å². The summed E-state index contributed by atoms with van der Waals surface area (Å²) in [5.74, 6) is 1.30. The van der Waals surface area contributed by atoms with E-state index in [1.807, 2.05) is 21.6 Å². The van der Waals surface area contributed by atoms with Crippen molar-refractivity contribution in [3.8, 4) is 0 Å². The lowest BCUT2D eigenvalue weighted by Gasteiger charge is -2.45. The van der Waals surface area contributed by atoms with Crippen LogP contribution in [0.2, 0.25) is 0 Å². The Morgan fingerprint density at radius 1 is 1.03 bits per heavy atom. The van der Waals surface area contributed by atoms with E-state index in [1.54, 1.807) is 12.1 Å². The first-order chi connectivity index (χ1) is 14.0. The zero-order chi connectivity index (χ0) is 20.4. The van der Waals surface area contributed by atoms with E-state index in [2.05, 4.69) is 0 Å². The van der Waals surface area contributed by atoms with Crippen LogP contribution in [0.5, 0.6) is 0 Å². The minimum Gasteiger partial charge on any atom is -0.342 e. The lowest BCUT2D eigenvalue weighted by molar-refractivity contribution is -0.384. The topological polar surface area (TPSA) is 83.8 Å². The number of piperidine rings is 1. The second kappa shape index (κ2) is 8.34. The van der Waals surface area contributed by atoms with Gasteiger partial charge in [0, 0.05) is 49.0 Å². The molecular formula is C21H27N3O4S. The number of rotatable bonds is 3. The van der Waals surface area contributed by atoms with Gasteiger partial charge in [-0.05, 0) is 37.8 Å². The normalized spacial score (nSPS) is 22.1. The van der Waals surface area contributed by atoms with E-state index in [0.29, 0.717) is 31.1 Å². The molecule has 0 N–H and O–H groups in total. The number of hydrogen-bond donors (Lipinski definition) is 0. The van der Waals surface area contributed by atoms with Gasteiger partial charge in [0.1, 0.15) is 0 Å². The summed E-state index contributed by atoms with van der Waals surface area (Å²) in [4.78, 5) is 40.1. The summed E-state index contributed by atoms with van der Waals surface area (Å²) in [5.41, 5.74) is 0.472. The predicted molar refractivity (Wildman–Crippen MR) is 112 cm³/mol. The molecule has 7 nitrogen and oxygen atoms in total. The number of benzene rings is 1. The first-order valence-electron chi connectivity index (χ1n) is 10.5. The van der Waals surface area contributed by atoms with Crippen molar-refractivity contribution in [2.24, 2.45) is 5.92 Å². The third-order valence-corrected chi connectivity index (χ3v) is 8.11. The summed E-state index contributed by atoms with van der Waals surface area (Å²) in [6, 6.07) is 5.85. The molecule has 2 amide bonds. The predicted octanol–water partition coefficient (Wildman–Crippen LogP) is 3.68. The van der Waals surface area contributed by atoms with E-state index in [9.17, 15) is 19.7 Å². The Bertz CT molecular complexity index is 784. The fraction of sp³-hybridized carbons (Fsp3) is 0.619. The van der Waals surface area contributed by atoms with Crippen molar-refractivity contribution in [3.05, 3.63) is 39.9 Å². The zero-order valence-electron chi connectivity index (χ0n) is 16.5. The van der Waals surface area contributed by atoms with Crippen LogP contribution < -0.4 is 0 Å². The maximum atomic E-state index is 13.1. The van der Waals surface area contributed by atoms with Gasteiger partial charge >= 0.3 is 0 Å². The van der Waals surface area contributed by atoms with Crippen LogP contribution in [0.25, 0.3) is 0 Å². The number of nitro benzene ring substituents is 1. The molecule has 1 aliphatic carbocycles. The summed E-state index contributed by atoms with van der Waals surface area (Å²) >= 11 is 1.81. The smallest absolute Gasteiger partial charge is 0.269 e. The van der Waals surface area contributed by atoms with Gasteiger partial charge in [0.2, 0.25) is 5.91 Å². The van der Waals surface area contributed by atoms with Gasteiger partial charge in [-0.15, -0.1) is 11.8 Å². The van der Waals surface area contributed by atoms with Crippen LogP contribution in [-0.4, -0.2) is 56.8 Å². The number of non-ortho nitro benzene ring substituents is 1. The highest BCUT2D eigenvalue weighted by atomic mass is 32.2. The quantitative estimate of drug-likeness (QED) is 0.553. The standard InChI is InChI=1S/C21H27N3O4S/c25-19(16-4-2-1-3-5-16)22-12-10-21(11-13-22)23(14-15-29-21)20(26)17-6-8-18(9-7-17)24(27)28/h6-9,16H,1-5,10-15H2. The average molecular weight is 418 g/mol. The van der Waals surface area contributed by atoms with Crippen LogP contribution in [-0.2, 0) is 4.79 Å². The first kappa shape index (κ1) is 20.2. The van der Waals surface area contributed by atoms with Crippen molar-refractivity contribution in [2.75, 3.05) is 25.4 Å². The number of amides is 2. The molecule has 4 rings (SSSR count). The summed E-state index contributed by atoms with van der Waals surface area (Å²) in [7, 11) is 0. The Labute approximate surface area is 175 Å². The Kier molecular flexibility index (Phi) is 5.81. The van der Waals surface area contributed by atoms with Crippen LogP contribution >= 0.6 is 11.8 Å². The van der Waals surface area contributed by atoms with Gasteiger partial charge in [0.15, 0.2) is 0 Å². The lowest BCUT2D eigenvalue weighted by Crippen LogP contribution is -2.54. The maximum absolute atomic E-state index is 13.1. The minimum absolute atomic E-state index is 0.0124. The first-order valence-corrected chi connectivity index (χ1v) is 11.5. The molecule has 3 fully saturated rings. The lowest BCUT2D eigenvalue weighted by atomic mass is 9.87. The molecule has 156 valence electrons. The van der Waals surface area contributed by atoms with Crippen molar-refractivity contribution >= 4 is 29.3 Å². The fourth-order valence-corrected chi connectivity index (χ4v) is 6.33. The van der Waals surface area contributed by atoms with Crippen LogP contribution in [0, 0.1) is 16.0 Å². The Morgan fingerprint density at radius 2 is 1.69 bits per heavy atom. The van der Waals surface area contributed by atoms with Crippen molar-refractivity contribution in [1.82, 2.24) is 9.80 Å². The number of carbonyl (C=O) groups excluding carboxylic acids is 2. The minimum atomic E-state index is -0.458. The van der Waals surface area contributed by atoms with Gasteiger partial charge in [-0.3, -0.25) is 19.7 Å². The monoisotopic (exact) mass is 417 g/mol. The maximum Gasteiger partial charge on any atom is 0.269 e. The number of carbonyl (C=O) groups is 2. The van der Waals surface area contributed by atoms with E-state index >= 15 is 0 Å². The number of nitrogens with zero attached hydrogens (tertiary/aromatic N) is 3. The molecule has 3 aliphatic rings. The van der Waals surface area contributed by atoms with E-state index in [1.165, 1.54) is 18.6 Å². The van der Waals surface area contributed by atoms with Gasteiger partial charge in [-0.2, -0.15) is 0 Å². The molecule has 1 aromatic carbocycles. The Hall–Kier alpha value is -2.09. The molecule has 0 aromatic heterocycles. The molecule has 0 radical (unpaired) electrons. The number of likely N-dealkylation sites (tertiary alicyclic amines) is 1. The highest BCUT2D eigenvalue weighted by Gasteiger charge is 2.47. The molecule has 1 saturated carbocycles. The van der Waals surface area contributed by atoms with Crippen LogP contribution in [0.3, 0.4) is 0 Å². The third kappa shape index (κ3) is 3.99. The molecule has 29 heavy (non-hydrogen) atoms. The molecule has 0 bridgehead atoms. The number of nitro groups is 1. The fourth-order valence-electron chi connectivity index (χ4n) is 4.88. The van der Waals surface area contributed by atoms with Crippen LogP contribution in [0.4, 0.5) is 5.69 Å². The molecule has 2 heterocycles. The summed E-state index contributed by atoms with van der Waals surface area (Å²) in [6.45, 7) is 2.08. The summed E-state index contributed by atoms with van der Waals surface area (Å²) < 4.78 is 0. The molecule has 1 spiro atoms. The molecule has 2 aliphatic heterocycles. The third-order valence-electron chi connectivity index (χ3n) is 6.56. The van der Waals surface area contributed by atoms with Crippen LogP contribution in [0.15, 0.2) is 24.3 Å². The van der Waals surface area contributed by atoms with Crippen molar-refractivity contribution in [2.45, 2.75) is 49.8 Å². The van der Waals surface area contributed by atoms with E-state index < -0.39 is 4.92 Å². The summed E-state index contributed by atoms with van der Waals surface area (Å²) in [6.07, 6.45) is 7.15. The highest BCUT2D eigenvalue weighted by Crippen LogP contribution is 2.45. The van der Waals surface area contributed by atoms with Gasteiger partial charge in [-0.25, -0.2) is 0 Å². The van der Waals surface area contributed by atoms with E-state index in [-0.39, 0.29) is 22.4 Å². The molecule has 1 aromatic rings. The molecule has 8 heteroatoms. The number of thioether (sulfide) groups is 1. The molecule has 0 atom stereocenters. The average Bonchev–Trinajstić information content (AvgIpc) is 3.16. The van der Waals surface area contributed by atoms with E-state index in [0.717, 1.165) is 44.3 Å². The summed E-state index contributed by atoms with van der Waals surface area (Å²) in [5, 5.41) is 10.9. The molecule has 0 unspecified atom stereocenters. The second-order valence-corrected chi connectivity index (χ2v) is 9.67. The van der Waals surface area contributed by atoms with Crippen molar-refractivity contribution in [3.63, 3.8) is 0 Å². The largest absolute Gasteiger partial charge is 0.342 e. The zero-order valence-corrected chi connectivity index (χ0v) is 17.4. The van der Waals surface area contributed by atoms with E-state index in [4.69, 9.17) is 0 Å². The second-order valence-electron chi connectivity index (χ2n) is 8.22. The SMILES string of the molecule is O=C(C1CCCCC1)N1CCC2(CC1)SCCN2C(=O)c1ccc([N+](=O)[O-])cc1. The highest BCUT2D eigenvalue weighted by molar-refractivity contribution is 8.00. The Morgan fingerprint density at radius 3 is 2.31 bits per heavy atom. The molecule has 2 saturated heterocycles. The number of hydrogen-bond acceptors (Lipinski definition) is 5. The van der Waals surface area contributed by atoms with Gasteiger partial charge in [-0.1, -0.05) is 19.3 Å². The Balaban J connectivity index is 1.42. The molecular weight excluding hydrogens is 390 g/mol.